The Balaban J connectivity index is 2.00. The minimum absolute atomic E-state index is 0.0351. The molecule has 2 aromatic rings. The van der Waals surface area contributed by atoms with Gasteiger partial charge in [0, 0.05) is 23.5 Å². The quantitative estimate of drug-likeness (QED) is 0.885. The molecule has 0 spiro atoms. The number of hydrogen-bond donors (Lipinski definition) is 1. The van der Waals surface area contributed by atoms with E-state index < -0.39 is 0 Å². The van der Waals surface area contributed by atoms with E-state index in [2.05, 4.69) is 58.1 Å². The fraction of sp³-hybridized carbons (Fsp3) is 0.474. The SMILES string of the molecule is Cc1ccc(-n2nc3c(c2NC(=O)CC(C)(C)C)CSC3)c(C)c1. The molecule has 1 aromatic heterocycles. The second kappa shape index (κ2) is 6.28. The van der Waals surface area contributed by atoms with Crippen molar-refractivity contribution in [3.05, 3.63) is 40.6 Å². The number of carbonyl (C=O) groups excluding carboxylic acids is 1. The van der Waals surface area contributed by atoms with Gasteiger partial charge < -0.3 is 5.32 Å². The van der Waals surface area contributed by atoms with Crippen molar-refractivity contribution in [2.45, 2.75) is 52.5 Å². The van der Waals surface area contributed by atoms with Gasteiger partial charge in [-0.15, -0.1) is 0 Å². The van der Waals surface area contributed by atoms with Gasteiger partial charge in [0.1, 0.15) is 5.82 Å². The Labute approximate surface area is 148 Å². The fourth-order valence-corrected chi connectivity index (χ4v) is 4.05. The lowest BCUT2D eigenvalue weighted by Gasteiger charge is -2.18. The third-order valence-electron chi connectivity index (χ3n) is 4.08. The van der Waals surface area contributed by atoms with E-state index in [4.69, 9.17) is 5.10 Å². The third kappa shape index (κ3) is 3.51. The minimum Gasteiger partial charge on any atom is -0.310 e. The first kappa shape index (κ1) is 17.1. The van der Waals surface area contributed by atoms with Gasteiger partial charge in [-0.25, -0.2) is 4.68 Å². The topological polar surface area (TPSA) is 46.9 Å². The van der Waals surface area contributed by atoms with Crippen LogP contribution in [0.25, 0.3) is 5.69 Å². The maximum Gasteiger partial charge on any atom is 0.226 e. The van der Waals surface area contributed by atoms with Crippen LogP contribution in [0.1, 0.15) is 49.6 Å². The number of amides is 1. The van der Waals surface area contributed by atoms with Gasteiger partial charge in [-0.05, 0) is 30.9 Å². The molecule has 0 radical (unpaired) electrons. The fourth-order valence-electron chi connectivity index (χ4n) is 3.02. The second-order valence-electron chi connectivity index (χ2n) is 7.75. The predicted molar refractivity (Wildman–Crippen MR) is 101 cm³/mol. The normalized spacial score (nSPS) is 13.9. The van der Waals surface area contributed by atoms with Crippen molar-refractivity contribution in [1.82, 2.24) is 9.78 Å². The number of aromatic nitrogens is 2. The Kier molecular flexibility index (Phi) is 4.47. The molecule has 3 rings (SSSR count). The van der Waals surface area contributed by atoms with E-state index in [1.54, 1.807) is 0 Å². The zero-order chi connectivity index (χ0) is 17.5. The summed E-state index contributed by atoms with van der Waals surface area (Å²) < 4.78 is 1.92. The molecule has 2 heterocycles. The Morgan fingerprint density at radius 3 is 2.71 bits per heavy atom. The molecule has 5 heteroatoms. The lowest BCUT2D eigenvalue weighted by molar-refractivity contribution is -0.117. The highest BCUT2D eigenvalue weighted by molar-refractivity contribution is 7.98. The molecular weight excluding hydrogens is 318 g/mol. The summed E-state index contributed by atoms with van der Waals surface area (Å²) in [4.78, 5) is 12.5. The smallest absolute Gasteiger partial charge is 0.226 e. The van der Waals surface area contributed by atoms with Gasteiger partial charge >= 0.3 is 0 Å². The van der Waals surface area contributed by atoms with Crippen LogP contribution in [0.4, 0.5) is 5.82 Å². The molecule has 1 amide bonds. The van der Waals surface area contributed by atoms with Gasteiger partial charge in [-0.2, -0.15) is 16.9 Å². The van der Waals surface area contributed by atoms with Gasteiger partial charge in [0.2, 0.25) is 5.91 Å². The summed E-state index contributed by atoms with van der Waals surface area (Å²) >= 11 is 1.85. The number of thioether (sulfide) groups is 1. The van der Waals surface area contributed by atoms with E-state index >= 15 is 0 Å². The molecule has 0 aliphatic carbocycles. The van der Waals surface area contributed by atoms with Gasteiger partial charge in [0.25, 0.3) is 0 Å². The standard InChI is InChI=1S/C19H25N3OS/c1-12-6-7-16(13(2)8-12)22-18(14-10-24-11-15(14)21-22)20-17(23)9-19(3,4)5/h6-8H,9-11H2,1-5H3,(H,20,23). The van der Waals surface area contributed by atoms with Gasteiger partial charge in [-0.1, -0.05) is 38.5 Å². The zero-order valence-corrected chi connectivity index (χ0v) is 15.9. The largest absolute Gasteiger partial charge is 0.310 e. The Bertz CT molecular complexity index is 787. The van der Waals surface area contributed by atoms with Crippen LogP contribution >= 0.6 is 11.8 Å². The highest BCUT2D eigenvalue weighted by atomic mass is 32.2. The molecule has 1 N–H and O–H groups in total. The summed E-state index contributed by atoms with van der Waals surface area (Å²) in [5, 5.41) is 7.92. The Hall–Kier alpha value is -1.75. The van der Waals surface area contributed by atoms with E-state index in [1.807, 2.05) is 16.4 Å². The maximum absolute atomic E-state index is 12.5. The van der Waals surface area contributed by atoms with Crippen LogP contribution < -0.4 is 5.32 Å². The molecule has 128 valence electrons. The summed E-state index contributed by atoms with van der Waals surface area (Å²) in [5.41, 5.74) is 5.64. The first-order valence-corrected chi connectivity index (χ1v) is 9.46. The first-order chi connectivity index (χ1) is 11.2. The number of nitrogens with one attached hydrogen (secondary N) is 1. The van der Waals surface area contributed by atoms with Crippen LogP contribution in [0.3, 0.4) is 0 Å². The number of rotatable bonds is 3. The van der Waals surface area contributed by atoms with E-state index in [0.717, 1.165) is 34.3 Å². The average molecular weight is 343 g/mol. The molecule has 0 unspecified atom stereocenters. The van der Waals surface area contributed by atoms with Crippen molar-refractivity contribution in [2.24, 2.45) is 5.41 Å². The first-order valence-electron chi connectivity index (χ1n) is 8.30. The summed E-state index contributed by atoms with van der Waals surface area (Å²) in [7, 11) is 0. The van der Waals surface area contributed by atoms with E-state index in [-0.39, 0.29) is 11.3 Å². The van der Waals surface area contributed by atoms with Crippen molar-refractivity contribution in [3.63, 3.8) is 0 Å². The molecule has 0 saturated carbocycles. The molecule has 0 saturated heterocycles. The molecular formula is C19H25N3OS. The molecule has 0 atom stereocenters. The Morgan fingerprint density at radius 1 is 1.29 bits per heavy atom. The zero-order valence-electron chi connectivity index (χ0n) is 15.1. The summed E-state index contributed by atoms with van der Waals surface area (Å²) in [6, 6.07) is 6.32. The van der Waals surface area contributed by atoms with Gasteiger partial charge in [0.05, 0.1) is 11.4 Å². The van der Waals surface area contributed by atoms with E-state index in [1.165, 1.54) is 11.1 Å². The molecule has 4 nitrogen and oxygen atoms in total. The summed E-state index contributed by atoms with van der Waals surface area (Å²) in [6.07, 6.45) is 0.493. The lowest BCUT2D eigenvalue weighted by Crippen LogP contribution is -2.22. The lowest BCUT2D eigenvalue weighted by atomic mass is 9.92. The van der Waals surface area contributed by atoms with Crippen molar-refractivity contribution in [1.29, 1.82) is 0 Å². The van der Waals surface area contributed by atoms with Crippen molar-refractivity contribution in [2.75, 3.05) is 5.32 Å². The second-order valence-corrected chi connectivity index (χ2v) is 8.74. The van der Waals surface area contributed by atoms with Crippen LogP contribution in [-0.4, -0.2) is 15.7 Å². The van der Waals surface area contributed by atoms with Crippen LogP contribution in [0.15, 0.2) is 18.2 Å². The van der Waals surface area contributed by atoms with Gasteiger partial charge in [-0.3, -0.25) is 4.79 Å². The van der Waals surface area contributed by atoms with E-state index in [9.17, 15) is 4.79 Å². The molecule has 1 aliphatic heterocycles. The highest BCUT2D eigenvalue weighted by Gasteiger charge is 2.26. The van der Waals surface area contributed by atoms with Crippen molar-refractivity contribution < 1.29 is 4.79 Å². The van der Waals surface area contributed by atoms with Gasteiger partial charge in [0.15, 0.2) is 0 Å². The average Bonchev–Trinajstić information content (AvgIpc) is 3.00. The van der Waals surface area contributed by atoms with Crippen molar-refractivity contribution >= 4 is 23.5 Å². The third-order valence-corrected chi connectivity index (χ3v) is 5.05. The molecule has 1 aromatic carbocycles. The number of hydrogen-bond acceptors (Lipinski definition) is 3. The number of nitrogens with zero attached hydrogens (tertiary/aromatic N) is 2. The molecule has 1 aliphatic rings. The van der Waals surface area contributed by atoms with Crippen LogP contribution in [0.2, 0.25) is 0 Å². The highest BCUT2D eigenvalue weighted by Crippen LogP contribution is 2.37. The van der Waals surface area contributed by atoms with Crippen molar-refractivity contribution in [3.8, 4) is 5.69 Å². The molecule has 0 fully saturated rings. The number of anilines is 1. The van der Waals surface area contributed by atoms with Crippen LogP contribution in [-0.2, 0) is 16.3 Å². The maximum atomic E-state index is 12.5. The van der Waals surface area contributed by atoms with Crippen LogP contribution in [0.5, 0.6) is 0 Å². The number of benzene rings is 1. The molecule has 0 bridgehead atoms. The Morgan fingerprint density at radius 2 is 2.04 bits per heavy atom. The predicted octanol–water partition coefficient (Wildman–Crippen LogP) is 4.61. The minimum atomic E-state index is -0.0351. The number of carbonyl (C=O) groups is 1. The monoisotopic (exact) mass is 343 g/mol. The number of aryl methyl sites for hydroxylation is 2. The van der Waals surface area contributed by atoms with Crippen LogP contribution in [0, 0.1) is 19.3 Å². The number of fused-ring (bicyclic) bond motifs is 1. The summed E-state index contributed by atoms with van der Waals surface area (Å²) in [5.74, 6) is 2.71. The molecule has 24 heavy (non-hydrogen) atoms. The van der Waals surface area contributed by atoms with E-state index in [0.29, 0.717) is 6.42 Å². The summed E-state index contributed by atoms with van der Waals surface area (Å²) in [6.45, 7) is 10.4.